The molecule has 0 bridgehead atoms. The number of nitrogens with one attached hydrogen (secondary N) is 1. The average Bonchev–Trinajstić information content (AvgIpc) is 3.02. The fraction of sp³-hybridized carbons (Fsp3) is 0.562. The zero-order chi connectivity index (χ0) is 19.1. The van der Waals surface area contributed by atoms with E-state index < -0.39 is 30.6 Å². The number of carbonyl (C=O) groups excluding carboxylic acids is 1. The molecule has 10 heteroatoms. The van der Waals surface area contributed by atoms with Crippen LogP contribution in [0.5, 0.6) is 0 Å². The van der Waals surface area contributed by atoms with E-state index in [1.54, 1.807) is 6.07 Å². The number of aliphatic hydroxyl groups is 1. The fourth-order valence-electron chi connectivity index (χ4n) is 3.49. The summed E-state index contributed by atoms with van der Waals surface area (Å²) in [7, 11) is 0. The molecular weight excluding hydrogens is 396 g/mol. The van der Waals surface area contributed by atoms with E-state index in [1.807, 2.05) is 0 Å². The first-order chi connectivity index (χ1) is 12.1. The van der Waals surface area contributed by atoms with Crippen molar-refractivity contribution in [2.75, 3.05) is 13.2 Å². The number of ether oxygens (including phenoxy) is 1. The Morgan fingerprint density at radius 2 is 2.19 bits per heavy atom. The summed E-state index contributed by atoms with van der Waals surface area (Å²) in [6.45, 7) is -1.13. The minimum atomic E-state index is -4.52. The number of hydrogen-bond donors (Lipinski definition) is 2. The van der Waals surface area contributed by atoms with Gasteiger partial charge in [0.25, 0.3) is 5.91 Å². The summed E-state index contributed by atoms with van der Waals surface area (Å²) in [6, 6.07) is 4.20. The maximum absolute atomic E-state index is 12.4. The highest BCUT2D eigenvalue weighted by Gasteiger charge is 2.62. The number of carbonyl (C=O) groups is 1. The molecule has 2 unspecified atom stereocenters. The molecule has 1 spiro atoms. The molecule has 0 aromatic heterocycles. The summed E-state index contributed by atoms with van der Waals surface area (Å²) in [5.74, 6) is -0.397. The van der Waals surface area contributed by atoms with Crippen LogP contribution in [0.4, 0.5) is 13.2 Å². The van der Waals surface area contributed by atoms with Gasteiger partial charge in [-0.25, -0.2) is 4.90 Å². The van der Waals surface area contributed by atoms with E-state index in [1.165, 1.54) is 17.0 Å². The van der Waals surface area contributed by atoms with E-state index in [9.17, 15) is 23.1 Å². The van der Waals surface area contributed by atoms with Crippen molar-refractivity contribution in [3.8, 4) is 0 Å². The lowest BCUT2D eigenvalue weighted by Crippen LogP contribution is -2.47. The topological polar surface area (TPSA) is 61.8 Å². The summed E-state index contributed by atoms with van der Waals surface area (Å²) < 4.78 is 41.4. The summed E-state index contributed by atoms with van der Waals surface area (Å²) in [4.78, 5) is 13.9. The van der Waals surface area contributed by atoms with Gasteiger partial charge < -0.3 is 15.2 Å². The Bertz CT molecular complexity index is 704. The summed E-state index contributed by atoms with van der Waals surface area (Å²) in [5.41, 5.74) is -0.323. The summed E-state index contributed by atoms with van der Waals surface area (Å²) in [5, 5.41) is 13.4. The van der Waals surface area contributed by atoms with E-state index in [-0.39, 0.29) is 16.6 Å². The molecule has 1 saturated carbocycles. The van der Waals surface area contributed by atoms with Crippen LogP contribution in [-0.4, -0.2) is 53.2 Å². The summed E-state index contributed by atoms with van der Waals surface area (Å²) >= 11 is 11.8. The number of likely N-dealkylation sites (tertiary alicyclic amines) is 1. The van der Waals surface area contributed by atoms with Crippen LogP contribution >= 0.6 is 23.2 Å². The molecule has 3 rings (SSSR count). The first kappa shape index (κ1) is 19.7. The average molecular weight is 413 g/mol. The van der Waals surface area contributed by atoms with Gasteiger partial charge in [0, 0.05) is 23.1 Å². The zero-order valence-electron chi connectivity index (χ0n) is 13.5. The predicted octanol–water partition coefficient (Wildman–Crippen LogP) is 3.18. The van der Waals surface area contributed by atoms with Gasteiger partial charge in [0.05, 0.1) is 10.6 Å². The molecule has 1 saturated heterocycles. The lowest BCUT2D eigenvalue weighted by atomic mass is 10.1. The molecule has 3 atom stereocenters. The van der Waals surface area contributed by atoms with Crippen LogP contribution in [0.2, 0.25) is 10.0 Å². The third kappa shape index (κ3) is 4.09. The molecule has 5 nitrogen and oxygen atoms in total. The van der Waals surface area contributed by atoms with Crippen molar-refractivity contribution in [2.24, 2.45) is 0 Å². The highest BCUT2D eigenvalue weighted by Crippen LogP contribution is 2.50. The summed E-state index contributed by atoms with van der Waals surface area (Å²) in [6.07, 6.45) is -4.31. The van der Waals surface area contributed by atoms with Crippen molar-refractivity contribution < 1.29 is 27.8 Å². The second-order valence-electron chi connectivity index (χ2n) is 6.51. The second kappa shape index (κ2) is 7.16. The number of amides is 1. The Hall–Kier alpha value is -1.06. The Morgan fingerprint density at radius 3 is 2.85 bits per heavy atom. The molecule has 1 aromatic carbocycles. The van der Waals surface area contributed by atoms with Gasteiger partial charge in [-0.15, -0.1) is 0 Å². The number of rotatable bonds is 5. The van der Waals surface area contributed by atoms with Crippen LogP contribution in [0.1, 0.15) is 29.6 Å². The van der Waals surface area contributed by atoms with Crippen LogP contribution in [0.25, 0.3) is 0 Å². The first-order valence-corrected chi connectivity index (χ1v) is 8.77. The van der Waals surface area contributed by atoms with E-state index in [2.05, 4.69) is 10.1 Å². The lowest BCUT2D eigenvalue weighted by molar-refractivity contribution is -0.260. The van der Waals surface area contributed by atoms with Crippen molar-refractivity contribution >= 4 is 29.1 Å². The Labute approximate surface area is 158 Å². The van der Waals surface area contributed by atoms with Gasteiger partial charge in [0.1, 0.15) is 6.61 Å². The Kier molecular flexibility index (Phi) is 5.43. The number of hydrogen-bond acceptors (Lipinski definition) is 4. The normalized spacial score (nSPS) is 26.9. The van der Waals surface area contributed by atoms with E-state index in [4.69, 9.17) is 23.2 Å². The minimum Gasteiger partial charge on any atom is -0.356 e. The van der Waals surface area contributed by atoms with E-state index in [0.717, 1.165) is 0 Å². The van der Waals surface area contributed by atoms with Gasteiger partial charge >= 0.3 is 6.18 Å². The quantitative estimate of drug-likeness (QED) is 0.729. The van der Waals surface area contributed by atoms with Gasteiger partial charge in [-0.05, 0) is 37.5 Å². The van der Waals surface area contributed by atoms with Crippen molar-refractivity contribution in [3.05, 3.63) is 33.8 Å². The first-order valence-electron chi connectivity index (χ1n) is 8.01. The molecule has 2 aliphatic rings. The lowest BCUT2D eigenvalue weighted by Gasteiger charge is -2.30. The monoisotopic (exact) mass is 412 g/mol. The Morgan fingerprint density at radius 1 is 1.46 bits per heavy atom. The van der Waals surface area contributed by atoms with E-state index in [0.29, 0.717) is 30.8 Å². The van der Waals surface area contributed by atoms with Crippen LogP contribution in [-0.2, 0) is 4.74 Å². The molecule has 2 N–H and O–H groups in total. The van der Waals surface area contributed by atoms with Crippen molar-refractivity contribution in [2.45, 2.75) is 43.4 Å². The van der Waals surface area contributed by atoms with Crippen LogP contribution in [0.15, 0.2) is 18.2 Å². The predicted molar refractivity (Wildman–Crippen MR) is 89.0 cm³/mol. The highest BCUT2D eigenvalue weighted by atomic mass is 35.5. The smallest absolute Gasteiger partial charge is 0.356 e. The van der Waals surface area contributed by atoms with Gasteiger partial charge in [0.15, 0.2) is 0 Å². The third-order valence-corrected chi connectivity index (χ3v) is 5.32. The molecule has 26 heavy (non-hydrogen) atoms. The van der Waals surface area contributed by atoms with Gasteiger partial charge in [-0.3, -0.25) is 4.79 Å². The number of halogens is 5. The largest absolute Gasteiger partial charge is 0.411 e. The molecule has 144 valence electrons. The van der Waals surface area contributed by atoms with Gasteiger partial charge in [-0.1, -0.05) is 23.2 Å². The van der Waals surface area contributed by atoms with Crippen molar-refractivity contribution in [1.29, 1.82) is 0 Å². The maximum atomic E-state index is 12.4. The molecule has 1 aliphatic carbocycles. The number of alkyl halides is 3. The maximum Gasteiger partial charge on any atom is 0.411 e. The molecule has 1 aliphatic heterocycles. The van der Waals surface area contributed by atoms with Crippen LogP contribution in [0.3, 0.4) is 0 Å². The molecule has 2 fully saturated rings. The molecule has 0 radical (unpaired) electrons. The van der Waals surface area contributed by atoms with Gasteiger partial charge in [-0.2, -0.15) is 13.2 Å². The standard InChI is InChI=1S/C16H17Cl2F3N2O3/c17-9-2-3-10(11(18)6-9)13(24)22-12-7-15(12)4-1-5-23(15)14(25)26-8-16(19,20)21/h2-3,6,12,14,25H,1,4-5,7-8H2,(H,22,24)/t12?,14?,15-/m1/s1. The molecule has 1 aromatic rings. The molecule has 1 amide bonds. The van der Waals surface area contributed by atoms with Gasteiger partial charge in [0.2, 0.25) is 6.41 Å². The number of benzene rings is 1. The minimum absolute atomic E-state index is 0.210. The third-order valence-electron chi connectivity index (χ3n) is 4.77. The van der Waals surface area contributed by atoms with Crippen LogP contribution < -0.4 is 5.32 Å². The van der Waals surface area contributed by atoms with E-state index >= 15 is 0 Å². The molecule has 1 heterocycles. The fourth-order valence-corrected chi connectivity index (χ4v) is 3.99. The Balaban J connectivity index is 1.62. The molecular formula is C16H17Cl2F3N2O3. The van der Waals surface area contributed by atoms with Crippen molar-refractivity contribution in [1.82, 2.24) is 10.2 Å². The van der Waals surface area contributed by atoms with Crippen LogP contribution in [0, 0.1) is 0 Å². The highest BCUT2D eigenvalue weighted by molar-refractivity contribution is 6.36. The zero-order valence-corrected chi connectivity index (χ0v) is 15.0. The second-order valence-corrected chi connectivity index (χ2v) is 7.35. The number of aliphatic hydroxyl groups excluding tert-OH is 1. The number of nitrogens with zero attached hydrogens (tertiary/aromatic N) is 1. The van der Waals surface area contributed by atoms with Crippen molar-refractivity contribution in [3.63, 3.8) is 0 Å². The SMILES string of the molecule is O=C(NC1C[C@]12CCCN2C(O)OCC(F)(F)F)c1ccc(Cl)cc1Cl.